The Bertz CT molecular complexity index is 726. The van der Waals surface area contributed by atoms with Crippen molar-refractivity contribution in [1.82, 2.24) is 10.6 Å². The molecular formula is C22H31ClIN3O2. The van der Waals surface area contributed by atoms with E-state index in [1.165, 1.54) is 0 Å². The van der Waals surface area contributed by atoms with Crippen LogP contribution in [0.25, 0.3) is 0 Å². The average Bonchev–Trinajstić information content (AvgIpc) is 2.71. The van der Waals surface area contributed by atoms with Gasteiger partial charge in [0.25, 0.3) is 0 Å². The molecule has 0 heterocycles. The second kappa shape index (κ2) is 15.5. The van der Waals surface area contributed by atoms with Crippen molar-refractivity contribution in [2.75, 3.05) is 26.4 Å². The van der Waals surface area contributed by atoms with Crippen LogP contribution in [0.4, 0.5) is 0 Å². The zero-order chi connectivity index (χ0) is 20.0. The fourth-order valence-corrected chi connectivity index (χ4v) is 2.70. The SMILES string of the molecule is CCNC(=NCc1cccc(COCCOCC)c1)NCc1ccc(Cl)cc1.I. The third kappa shape index (κ3) is 10.8. The van der Waals surface area contributed by atoms with Gasteiger partial charge < -0.3 is 20.1 Å². The van der Waals surface area contributed by atoms with Crippen LogP contribution in [0.3, 0.4) is 0 Å². The number of benzene rings is 2. The molecule has 0 aromatic heterocycles. The minimum absolute atomic E-state index is 0. The van der Waals surface area contributed by atoms with Gasteiger partial charge in [0.05, 0.1) is 26.4 Å². The zero-order valence-electron chi connectivity index (χ0n) is 17.1. The lowest BCUT2D eigenvalue weighted by Crippen LogP contribution is -2.36. The van der Waals surface area contributed by atoms with Crippen molar-refractivity contribution in [2.24, 2.45) is 4.99 Å². The van der Waals surface area contributed by atoms with Gasteiger partial charge in [0.1, 0.15) is 0 Å². The summed E-state index contributed by atoms with van der Waals surface area (Å²) in [7, 11) is 0. The summed E-state index contributed by atoms with van der Waals surface area (Å²) < 4.78 is 10.9. The van der Waals surface area contributed by atoms with Gasteiger partial charge in [-0.15, -0.1) is 24.0 Å². The molecule has 0 aliphatic heterocycles. The molecule has 5 nitrogen and oxygen atoms in total. The topological polar surface area (TPSA) is 54.9 Å². The van der Waals surface area contributed by atoms with E-state index in [-0.39, 0.29) is 24.0 Å². The smallest absolute Gasteiger partial charge is 0.191 e. The van der Waals surface area contributed by atoms with Crippen LogP contribution in [0.15, 0.2) is 53.5 Å². The van der Waals surface area contributed by atoms with Crippen molar-refractivity contribution in [2.45, 2.75) is 33.5 Å². The molecule has 0 unspecified atom stereocenters. The molecule has 0 amide bonds. The third-order valence-corrected chi connectivity index (χ3v) is 4.23. The highest BCUT2D eigenvalue weighted by Crippen LogP contribution is 2.10. The van der Waals surface area contributed by atoms with E-state index in [1.54, 1.807) is 0 Å². The monoisotopic (exact) mass is 531 g/mol. The lowest BCUT2D eigenvalue weighted by atomic mass is 10.1. The number of ether oxygens (including phenoxy) is 2. The van der Waals surface area contributed by atoms with Crippen LogP contribution in [0, 0.1) is 0 Å². The quantitative estimate of drug-likeness (QED) is 0.190. The zero-order valence-corrected chi connectivity index (χ0v) is 20.2. The van der Waals surface area contributed by atoms with Gasteiger partial charge in [-0.1, -0.05) is 48.0 Å². The molecule has 2 aromatic carbocycles. The first-order valence-corrected chi connectivity index (χ1v) is 10.1. The molecule has 7 heteroatoms. The van der Waals surface area contributed by atoms with Crippen molar-refractivity contribution < 1.29 is 9.47 Å². The second-order valence-corrected chi connectivity index (χ2v) is 6.68. The minimum atomic E-state index is 0. The summed E-state index contributed by atoms with van der Waals surface area (Å²) in [5.41, 5.74) is 3.44. The minimum Gasteiger partial charge on any atom is -0.379 e. The Balaban J connectivity index is 0.00000420. The molecule has 0 spiro atoms. The maximum Gasteiger partial charge on any atom is 0.191 e. The molecule has 2 aromatic rings. The van der Waals surface area contributed by atoms with E-state index < -0.39 is 0 Å². The molecule has 0 radical (unpaired) electrons. The Morgan fingerprint density at radius 2 is 1.66 bits per heavy atom. The van der Waals surface area contributed by atoms with E-state index in [2.05, 4.69) is 40.7 Å². The van der Waals surface area contributed by atoms with Crippen LogP contribution in [-0.4, -0.2) is 32.3 Å². The predicted molar refractivity (Wildman–Crippen MR) is 131 cm³/mol. The van der Waals surface area contributed by atoms with Crippen LogP contribution in [0.1, 0.15) is 30.5 Å². The van der Waals surface area contributed by atoms with Crippen LogP contribution in [0.2, 0.25) is 5.02 Å². The summed E-state index contributed by atoms with van der Waals surface area (Å²) in [5.74, 6) is 0.788. The van der Waals surface area contributed by atoms with Gasteiger partial charge in [0.15, 0.2) is 5.96 Å². The Morgan fingerprint density at radius 3 is 2.38 bits per heavy atom. The second-order valence-electron chi connectivity index (χ2n) is 6.24. The molecule has 0 aliphatic carbocycles. The number of halogens is 2. The predicted octanol–water partition coefficient (Wildman–Crippen LogP) is 4.77. The number of guanidine groups is 1. The summed E-state index contributed by atoms with van der Waals surface area (Å²) in [6, 6.07) is 16.1. The van der Waals surface area contributed by atoms with Gasteiger partial charge in [-0.3, -0.25) is 0 Å². The lowest BCUT2D eigenvalue weighted by molar-refractivity contribution is 0.0453. The van der Waals surface area contributed by atoms with Gasteiger partial charge in [0.2, 0.25) is 0 Å². The van der Waals surface area contributed by atoms with Crippen molar-refractivity contribution in [3.8, 4) is 0 Å². The number of nitrogens with one attached hydrogen (secondary N) is 2. The van der Waals surface area contributed by atoms with Crippen LogP contribution >= 0.6 is 35.6 Å². The Kier molecular flexibility index (Phi) is 13.7. The van der Waals surface area contributed by atoms with Gasteiger partial charge in [0, 0.05) is 24.7 Å². The first kappa shape index (κ1) is 25.7. The highest BCUT2D eigenvalue weighted by molar-refractivity contribution is 14.0. The molecule has 2 N–H and O–H groups in total. The fraction of sp³-hybridized carbons (Fsp3) is 0.409. The Hall–Kier alpha value is -1.35. The molecule has 0 saturated carbocycles. The first-order chi connectivity index (χ1) is 13.7. The number of rotatable bonds is 11. The standard InChI is InChI=1S/C22H30ClN3O2.HI/c1-3-24-22(25-15-18-8-10-21(23)11-9-18)26-16-19-6-5-7-20(14-19)17-28-13-12-27-4-2;/h5-11,14H,3-4,12-13,15-17H2,1-2H3,(H2,24,25,26);1H. The molecule has 160 valence electrons. The van der Waals surface area contributed by atoms with Gasteiger partial charge in [-0.05, 0) is 42.7 Å². The Labute approximate surface area is 196 Å². The van der Waals surface area contributed by atoms with E-state index >= 15 is 0 Å². The van der Waals surface area contributed by atoms with E-state index in [9.17, 15) is 0 Å². The average molecular weight is 532 g/mol. The summed E-state index contributed by atoms with van der Waals surface area (Å²) in [5, 5.41) is 7.37. The molecule has 0 bridgehead atoms. The molecular weight excluding hydrogens is 501 g/mol. The van der Waals surface area contributed by atoms with Crippen LogP contribution < -0.4 is 10.6 Å². The molecule has 0 aliphatic rings. The number of hydrogen-bond donors (Lipinski definition) is 2. The highest BCUT2D eigenvalue weighted by Gasteiger charge is 2.01. The molecule has 0 fully saturated rings. The van der Waals surface area contributed by atoms with Gasteiger partial charge >= 0.3 is 0 Å². The number of hydrogen-bond acceptors (Lipinski definition) is 3. The van der Waals surface area contributed by atoms with Crippen molar-refractivity contribution >= 4 is 41.5 Å². The highest BCUT2D eigenvalue weighted by atomic mass is 127. The molecule has 0 atom stereocenters. The normalized spacial score (nSPS) is 11.1. The fourth-order valence-electron chi connectivity index (χ4n) is 2.57. The van der Waals surface area contributed by atoms with E-state index in [0.29, 0.717) is 32.9 Å². The van der Waals surface area contributed by atoms with Gasteiger partial charge in [-0.2, -0.15) is 0 Å². The molecule has 0 saturated heterocycles. The summed E-state index contributed by atoms with van der Waals surface area (Å²) in [6.45, 7) is 8.67. The number of aliphatic imine (C=N–C) groups is 1. The van der Waals surface area contributed by atoms with E-state index in [4.69, 9.17) is 21.1 Å². The first-order valence-electron chi connectivity index (χ1n) is 9.71. The van der Waals surface area contributed by atoms with Gasteiger partial charge in [-0.25, -0.2) is 4.99 Å². The summed E-state index contributed by atoms with van der Waals surface area (Å²) in [4.78, 5) is 4.69. The van der Waals surface area contributed by atoms with Crippen LogP contribution in [0.5, 0.6) is 0 Å². The van der Waals surface area contributed by atoms with E-state index in [0.717, 1.165) is 40.8 Å². The van der Waals surface area contributed by atoms with Crippen LogP contribution in [-0.2, 0) is 29.2 Å². The van der Waals surface area contributed by atoms with E-state index in [1.807, 2.05) is 37.3 Å². The van der Waals surface area contributed by atoms with Crippen molar-refractivity contribution in [3.63, 3.8) is 0 Å². The largest absolute Gasteiger partial charge is 0.379 e. The Morgan fingerprint density at radius 1 is 0.931 bits per heavy atom. The lowest BCUT2D eigenvalue weighted by Gasteiger charge is -2.12. The maximum atomic E-state index is 5.94. The molecule has 2 rings (SSSR count). The summed E-state index contributed by atoms with van der Waals surface area (Å²) >= 11 is 5.94. The van der Waals surface area contributed by atoms with Crippen molar-refractivity contribution in [3.05, 3.63) is 70.2 Å². The van der Waals surface area contributed by atoms with Crippen molar-refractivity contribution in [1.29, 1.82) is 0 Å². The molecule has 29 heavy (non-hydrogen) atoms. The third-order valence-electron chi connectivity index (χ3n) is 3.97. The summed E-state index contributed by atoms with van der Waals surface area (Å²) in [6.07, 6.45) is 0. The maximum absolute atomic E-state index is 5.94. The number of nitrogens with zero attached hydrogens (tertiary/aromatic N) is 1.